The van der Waals surface area contributed by atoms with Crippen LogP contribution in [0.2, 0.25) is 0 Å². The molecule has 0 fully saturated rings. The van der Waals surface area contributed by atoms with Gasteiger partial charge in [0.15, 0.2) is 0 Å². The molecule has 0 heterocycles. The zero-order valence-electron chi connectivity index (χ0n) is 10.4. The van der Waals surface area contributed by atoms with E-state index in [4.69, 9.17) is 0 Å². The van der Waals surface area contributed by atoms with Gasteiger partial charge in [0.2, 0.25) is 0 Å². The first kappa shape index (κ1) is 13.9. The van der Waals surface area contributed by atoms with Crippen LogP contribution in [0.25, 0.3) is 0 Å². The Bertz CT molecular complexity index is 104. The number of unbranched alkanes of at least 4 members (excludes halogenated alkanes) is 3. The van der Waals surface area contributed by atoms with Crippen LogP contribution in [0.5, 0.6) is 0 Å². The highest BCUT2D eigenvalue weighted by molar-refractivity contribution is 4.38. The molecule has 0 aliphatic carbocycles. The van der Waals surface area contributed by atoms with E-state index >= 15 is 0 Å². The van der Waals surface area contributed by atoms with Crippen molar-refractivity contribution in [1.29, 1.82) is 0 Å². The fourth-order valence-corrected chi connectivity index (χ4v) is 1.53. The standard InChI is InChI=1S/C12H28N2/c1-4-6-7-8-9-13-10-11-14-12(3)5-2/h12-14H,4-11H2,1-3H3/p+2/t12-/m0/s1. The first-order chi connectivity index (χ1) is 6.81. The summed E-state index contributed by atoms with van der Waals surface area (Å²) >= 11 is 0. The zero-order chi connectivity index (χ0) is 10.6. The molecule has 0 saturated heterocycles. The van der Waals surface area contributed by atoms with Gasteiger partial charge in [-0.25, -0.2) is 0 Å². The lowest BCUT2D eigenvalue weighted by Gasteiger charge is -2.06. The molecule has 0 aliphatic rings. The van der Waals surface area contributed by atoms with Gasteiger partial charge in [0.25, 0.3) is 0 Å². The molecule has 0 saturated carbocycles. The number of rotatable bonds is 10. The second-order valence-electron chi connectivity index (χ2n) is 4.34. The van der Waals surface area contributed by atoms with E-state index in [1.165, 1.54) is 51.7 Å². The van der Waals surface area contributed by atoms with Crippen LogP contribution in [0.15, 0.2) is 0 Å². The minimum Gasteiger partial charge on any atom is -0.342 e. The van der Waals surface area contributed by atoms with Gasteiger partial charge in [0.05, 0.1) is 12.6 Å². The molecule has 0 unspecified atom stereocenters. The van der Waals surface area contributed by atoms with Gasteiger partial charge >= 0.3 is 0 Å². The van der Waals surface area contributed by atoms with Crippen molar-refractivity contribution < 1.29 is 10.6 Å². The highest BCUT2D eigenvalue weighted by Gasteiger charge is 2.00. The van der Waals surface area contributed by atoms with Crippen LogP contribution in [0.1, 0.15) is 52.9 Å². The number of nitrogens with two attached hydrogens (primary N) is 2. The van der Waals surface area contributed by atoms with Gasteiger partial charge in [-0.1, -0.05) is 26.7 Å². The predicted molar refractivity (Wildman–Crippen MR) is 62.3 cm³/mol. The van der Waals surface area contributed by atoms with Gasteiger partial charge in [-0.05, 0) is 26.2 Å². The zero-order valence-corrected chi connectivity index (χ0v) is 10.4. The minimum atomic E-state index is 0.809. The lowest BCUT2D eigenvalue weighted by atomic mass is 10.2. The molecule has 0 rings (SSSR count). The molecule has 0 bridgehead atoms. The second-order valence-corrected chi connectivity index (χ2v) is 4.34. The third-order valence-corrected chi connectivity index (χ3v) is 2.85. The highest BCUT2D eigenvalue weighted by atomic mass is 15.0. The van der Waals surface area contributed by atoms with Gasteiger partial charge in [0, 0.05) is 0 Å². The van der Waals surface area contributed by atoms with Crippen LogP contribution in [0.4, 0.5) is 0 Å². The Balaban J connectivity index is 2.92. The SMILES string of the molecule is CCCCCC[NH2+]CC[NH2+][C@@H](C)CC. The van der Waals surface area contributed by atoms with Crippen molar-refractivity contribution in [1.82, 2.24) is 0 Å². The van der Waals surface area contributed by atoms with E-state index in [9.17, 15) is 0 Å². The van der Waals surface area contributed by atoms with Crippen LogP contribution in [-0.2, 0) is 0 Å². The molecule has 14 heavy (non-hydrogen) atoms. The molecular formula is C12H30N2+2. The Kier molecular flexibility index (Phi) is 10.9. The summed E-state index contributed by atoms with van der Waals surface area (Å²) in [4.78, 5) is 0. The summed E-state index contributed by atoms with van der Waals surface area (Å²) in [5.41, 5.74) is 0. The van der Waals surface area contributed by atoms with E-state index in [-0.39, 0.29) is 0 Å². The van der Waals surface area contributed by atoms with Gasteiger partial charge in [-0.15, -0.1) is 0 Å². The number of quaternary nitrogens is 2. The fraction of sp³-hybridized carbons (Fsp3) is 1.00. The maximum Gasteiger partial charge on any atom is 0.125 e. The van der Waals surface area contributed by atoms with Crippen LogP contribution >= 0.6 is 0 Å². The third kappa shape index (κ3) is 10.0. The fourth-order valence-electron chi connectivity index (χ4n) is 1.53. The molecule has 2 nitrogen and oxygen atoms in total. The van der Waals surface area contributed by atoms with E-state index < -0.39 is 0 Å². The van der Waals surface area contributed by atoms with E-state index in [1.54, 1.807) is 0 Å². The maximum absolute atomic E-state index is 2.47. The molecular weight excluding hydrogens is 172 g/mol. The van der Waals surface area contributed by atoms with Crippen LogP contribution in [0, 0.1) is 0 Å². The molecule has 4 N–H and O–H groups in total. The molecule has 0 aromatic carbocycles. The lowest BCUT2D eigenvalue weighted by molar-refractivity contribution is -0.739. The molecule has 0 spiro atoms. The van der Waals surface area contributed by atoms with Crippen molar-refractivity contribution >= 4 is 0 Å². The smallest absolute Gasteiger partial charge is 0.125 e. The quantitative estimate of drug-likeness (QED) is 0.484. The second kappa shape index (κ2) is 11.0. The van der Waals surface area contributed by atoms with Gasteiger partial charge in [-0.3, -0.25) is 0 Å². The van der Waals surface area contributed by atoms with Gasteiger partial charge in [-0.2, -0.15) is 0 Å². The minimum absolute atomic E-state index is 0.809. The van der Waals surface area contributed by atoms with Crippen molar-refractivity contribution in [2.45, 2.75) is 58.9 Å². The van der Waals surface area contributed by atoms with Crippen molar-refractivity contribution in [3.8, 4) is 0 Å². The summed E-state index contributed by atoms with van der Waals surface area (Å²) in [7, 11) is 0. The number of hydrogen-bond donors (Lipinski definition) is 2. The lowest BCUT2D eigenvalue weighted by Crippen LogP contribution is -2.97. The van der Waals surface area contributed by atoms with Crippen LogP contribution < -0.4 is 10.6 Å². The first-order valence-electron chi connectivity index (χ1n) is 6.46. The predicted octanol–water partition coefficient (Wildman–Crippen LogP) is 0.492. The highest BCUT2D eigenvalue weighted by Crippen LogP contribution is 1.95. The monoisotopic (exact) mass is 202 g/mol. The molecule has 0 aromatic rings. The van der Waals surface area contributed by atoms with E-state index in [0.29, 0.717) is 0 Å². The Morgan fingerprint density at radius 2 is 1.71 bits per heavy atom. The molecule has 0 aromatic heterocycles. The molecule has 1 atom stereocenters. The van der Waals surface area contributed by atoms with Crippen LogP contribution in [-0.4, -0.2) is 25.7 Å². The Labute approximate surface area is 89.9 Å². The van der Waals surface area contributed by atoms with Gasteiger partial charge in [0.1, 0.15) is 13.1 Å². The summed E-state index contributed by atoms with van der Waals surface area (Å²) < 4.78 is 0. The average molecular weight is 202 g/mol. The Hall–Kier alpha value is -0.0800. The average Bonchev–Trinajstić information content (AvgIpc) is 2.21. The van der Waals surface area contributed by atoms with Crippen molar-refractivity contribution in [2.75, 3.05) is 19.6 Å². The van der Waals surface area contributed by atoms with Crippen molar-refractivity contribution in [3.05, 3.63) is 0 Å². The third-order valence-electron chi connectivity index (χ3n) is 2.85. The van der Waals surface area contributed by atoms with E-state index in [1.807, 2.05) is 0 Å². The summed E-state index contributed by atoms with van der Waals surface area (Å²) in [6.07, 6.45) is 6.87. The van der Waals surface area contributed by atoms with Crippen molar-refractivity contribution in [2.24, 2.45) is 0 Å². The molecule has 0 aliphatic heterocycles. The number of hydrogen-bond acceptors (Lipinski definition) is 0. The molecule has 2 heteroatoms. The summed E-state index contributed by atoms with van der Waals surface area (Å²) in [5.74, 6) is 0. The maximum atomic E-state index is 2.47. The topological polar surface area (TPSA) is 33.2 Å². The van der Waals surface area contributed by atoms with E-state index in [0.717, 1.165) is 6.04 Å². The first-order valence-corrected chi connectivity index (χ1v) is 6.46. The van der Waals surface area contributed by atoms with Gasteiger partial charge < -0.3 is 10.6 Å². The molecule has 0 amide bonds. The Morgan fingerprint density at radius 3 is 2.36 bits per heavy atom. The largest absolute Gasteiger partial charge is 0.342 e. The van der Waals surface area contributed by atoms with Crippen molar-refractivity contribution in [3.63, 3.8) is 0 Å². The summed E-state index contributed by atoms with van der Waals surface area (Å²) in [6, 6.07) is 0.809. The molecule has 86 valence electrons. The summed E-state index contributed by atoms with van der Waals surface area (Å²) in [5, 5.41) is 4.93. The van der Waals surface area contributed by atoms with Crippen LogP contribution in [0.3, 0.4) is 0 Å². The summed E-state index contributed by atoms with van der Waals surface area (Å²) in [6.45, 7) is 10.7. The van der Waals surface area contributed by atoms with E-state index in [2.05, 4.69) is 31.4 Å². The Morgan fingerprint density at radius 1 is 0.929 bits per heavy atom. The molecule has 0 radical (unpaired) electrons. The normalized spacial score (nSPS) is 13.1.